The number of carbonyl (C=O) groups excluding carboxylic acids is 2. The van der Waals surface area contributed by atoms with E-state index in [-0.39, 0.29) is 23.9 Å². The number of carbonyl (C=O) groups is 2. The van der Waals surface area contributed by atoms with Crippen molar-refractivity contribution < 1.29 is 18.7 Å². The Morgan fingerprint density at radius 1 is 1.02 bits per heavy atom. The highest BCUT2D eigenvalue weighted by Crippen LogP contribution is 2.41. The van der Waals surface area contributed by atoms with E-state index in [1.54, 1.807) is 23.3 Å². The molecule has 0 atom stereocenters. The fourth-order valence-corrected chi connectivity index (χ4v) is 8.28. The average molecular weight is 642 g/mol. The molecular formula is C35H36FN5O4S. The van der Waals surface area contributed by atoms with Crippen LogP contribution in [0.1, 0.15) is 62.1 Å². The van der Waals surface area contributed by atoms with E-state index >= 15 is 4.39 Å². The number of benzene rings is 2. The highest BCUT2D eigenvalue weighted by molar-refractivity contribution is 7.14. The van der Waals surface area contributed by atoms with Crippen LogP contribution in [0.15, 0.2) is 41.3 Å². The zero-order chi connectivity index (χ0) is 32.1. The van der Waals surface area contributed by atoms with Gasteiger partial charge in [0.25, 0.3) is 11.5 Å². The van der Waals surface area contributed by atoms with Gasteiger partial charge >= 0.3 is 5.97 Å². The van der Waals surface area contributed by atoms with Crippen molar-refractivity contribution in [3.8, 4) is 11.3 Å². The Morgan fingerprint density at radius 2 is 1.85 bits per heavy atom. The van der Waals surface area contributed by atoms with Crippen LogP contribution in [0.25, 0.3) is 11.3 Å². The first-order valence-electron chi connectivity index (χ1n) is 15.7. The normalized spacial score (nSPS) is 16.1. The van der Waals surface area contributed by atoms with Crippen LogP contribution in [0.4, 0.5) is 21.6 Å². The van der Waals surface area contributed by atoms with Gasteiger partial charge in [0.05, 0.1) is 16.3 Å². The van der Waals surface area contributed by atoms with Gasteiger partial charge in [-0.2, -0.15) is 0 Å². The number of nitrogens with zero attached hydrogens (tertiary/aromatic N) is 4. The van der Waals surface area contributed by atoms with Gasteiger partial charge in [-0.1, -0.05) is 6.07 Å². The number of anilines is 3. The van der Waals surface area contributed by atoms with E-state index in [0.717, 1.165) is 56.4 Å². The first-order valence-corrected chi connectivity index (χ1v) is 16.5. The molecule has 9 nitrogen and oxygen atoms in total. The van der Waals surface area contributed by atoms with E-state index in [9.17, 15) is 14.4 Å². The number of aryl methyl sites for hydroxylation is 2. The molecule has 11 heteroatoms. The molecule has 0 saturated heterocycles. The Balaban J connectivity index is 1.29. The van der Waals surface area contributed by atoms with E-state index in [4.69, 9.17) is 4.74 Å². The SMILES string of the molecule is CC(=O)OCc1c(-c2cn(C)c(=O)c(Nc3ccc4c(c3)CCN(C)C4)n2)cc(F)cc1N1CCc2c(sc3c2CCCC3)C1=O. The summed E-state index contributed by atoms with van der Waals surface area (Å²) in [6.45, 7) is 3.32. The molecule has 0 fully saturated rings. The molecule has 2 aliphatic heterocycles. The van der Waals surface area contributed by atoms with Crippen LogP contribution in [0.2, 0.25) is 0 Å². The quantitative estimate of drug-likeness (QED) is 0.277. The number of aromatic nitrogens is 2. The number of thiophene rings is 1. The molecule has 7 rings (SSSR count). The van der Waals surface area contributed by atoms with Crippen molar-refractivity contribution in [3.63, 3.8) is 0 Å². The Bertz CT molecular complexity index is 1950. The standard InChI is InChI=1S/C35H36FN5O4S/c1-20(42)45-19-28-27(15-23(36)16-30(28)41-13-11-26-25-6-4-5-7-31(25)46-32(26)34(41)43)29-18-40(3)35(44)33(38-29)37-24-9-8-22-17-39(2)12-10-21(22)14-24/h8-9,14-16,18H,4-7,10-13,17,19H2,1-3H3,(H,37,38). The van der Waals surface area contributed by atoms with Crippen LogP contribution in [-0.2, 0) is 55.4 Å². The third kappa shape index (κ3) is 5.62. The van der Waals surface area contributed by atoms with Gasteiger partial charge in [-0.15, -0.1) is 11.3 Å². The lowest BCUT2D eigenvalue weighted by atomic mass is 9.91. The summed E-state index contributed by atoms with van der Waals surface area (Å²) in [6, 6.07) is 8.67. The maximum Gasteiger partial charge on any atom is 0.302 e. The minimum Gasteiger partial charge on any atom is -0.461 e. The molecule has 0 radical (unpaired) electrons. The summed E-state index contributed by atoms with van der Waals surface area (Å²) in [5.41, 5.74) is 6.74. The Kier molecular flexibility index (Phi) is 7.98. The van der Waals surface area contributed by atoms with Gasteiger partial charge in [-0.3, -0.25) is 14.4 Å². The summed E-state index contributed by atoms with van der Waals surface area (Å²) < 4.78 is 22.4. The molecule has 3 aliphatic rings. The Labute approximate surface area is 270 Å². The smallest absolute Gasteiger partial charge is 0.302 e. The predicted molar refractivity (Wildman–Crippen MR) is 176 cm³/mol. The highest BCUT2D eigenvalue weighted by atomic mass is 32.1. The number of hydrogen-bond acceptors (Lipinski definition) is 8. The third-order valence-electron chi connectivity index (χ3n) is 9.23. The average Bonchev–Trinajstić information content (AvgIpc) is 3.42. The molecule has 0 unspecified atom stereocenters. The number of fused-ring (bicyclic) bond motifs is 4. The molecule has 0 bridgehead atoms. The van der Waals surface area contributed by atoms with Gasteiger partial charge in [0.2, 0.25) is 0 Å². The van der Waals surface area contributed by atoms with Gasteiger partial charge in [0.1, 0.15) is 12.4 Å². The highest BCUT2D eigenvalue weighted by Gasteiger charge is 2.34. The largest absolute Gasteiger partial charge is 0.461 e. The van der Waals surface area contributed by atoms with Crippen LogP contribution in [-0.4, -0.2) is 46.5 Å². The van der Waals surface area contributed by atoms with Crippen LogP contribution < -0.4 is 15.8 Å². The predicted octanol–water partition coefficient (Wildman–Crippen LogP) is 5.52. The van der Waals surface area contributed by atoms with E-state index in [1.807, 2.05) is 12.1 Å². The van der Waals surface area contributed by atoms with Gasteiger partial charge < -0.3 is 24.4 Å². The molecule has 1 N–H and O–H groups in total. The maximum atomic E-state index is 15.5. The fraction of sp³-hybridized carbons (Fsp3) is 0.371. The van der Waals surface area contributed by atoms with E-state index in [0.29, 0.717) is 40.4 Å². The number of nitrogens with one attached hydrogen (secondary N) is 1. The third-order valence-corrected chi connectivity index (χ3v) is 10.5. The lowest BCUT2D eigenvalue weighted by Crippen LogP contribution is -2.38. The lowest BCUT2D eigenvalue weighted by Gasteiger charge is -2.30. The van der Waals surface area contributed by atoms with Crippen molar-refractivity contribution in [2.45, 2.75) is 58.6 Å². The summed E-state index contributed by atoms with van der Waals surface area (Å²) in [7, 11) is 3.70. The van der Waals surface area contributed by atoms with Gasteiger partial charge in [-0.25, -0.2) is 9.37 Å². The molecule has 1 amide bonds. The number of amides is 1. The zero-order valence-electron chi connectivity index (χ0n) is 26.2. The lowest BCUT2D eigenvalue weighted by molar-refractivity contribution is -0.142. The van der Waals surface area contributed by atoms with Crippen molar-refractivity contribution in [1.29, 1.82) is 0 Å². The molecule has 0 spiro atoms. The number of ether oxygens (including phenoxy) is 1. The molecule has 4 heterocycles. The molecule has 2 aromatic heterocycles. The molecule has 1 aliphatic carbocycles. The van der Waals surface area contributed by atoms with Crippen LogP contribution in [0.5, 0.6) is 0 Å². The molecule has 238 valence electrons. The van der Waals surface area contributed by atoms with Gasteiger partial charge in [-0.05, 0) is 92.1 Å². The second-order valence-electron chi connectivity index (χ2n) is 12.4. The van der Waals surface area contributed by atoms with Crippen LogP contribution in [0.3, 0.4) is 0 Å². The Morgan fingerprint density at radius 3 is 2.67 bits per heavy atom. The number of likely N-dealkylation sites (N-methyl/N-ethyl adjacent to an activating group) is 1. The number of rotatable bonds is 6. The minimum atomic E-state index is -0.564. The molecular weight excluding hydrogens is 605 g/mol. The first-order chi connectivity index (χ1) is 22.2. The van der Waals surface area contributed by atoms with E-state index < -0.39 is 11.8 Å². The fourth-order valence-electron chi connectivity index (χ4n) is 6.89. The van der Waals surface area contributed by atoms with Crippen molar-refractivity contribution in [3.05, 3.63) is 90.3 Å². The van der Waals surface area contributed by atoms with E-state index in [1.165, 1.54) is 51.4 Å². The first kappa shape index (κ1) is 30.3. The number of halogens is 1. The van der Waals surface area contributed by atoms with Gasteiger partial charge in [0, 0.05) is 61.5 Å². The topological polar surface area (TPSA) is 96.8 Å². The minimum absolute atomic E-state index is 0.0833. The van der Waals surface area contributed by atoms with Crippen LogP contribution >= 0.6 is 11.3 Å². The van der Waals surface area contributed by atoms with Crippen molar-refractivity contribution in [2.75, 3.05) is 30.4 Å². The molecule has 2 aromatic carbocycles. The second kappa shape index (κ2) is 12.1. The van der Waals surface area contributed by atoms with Gasteiger partial charge in [0.15, 0.2) is 5.82 Å². The van der Waals surface area contributed by atoms with Crippen molar-refractivity contribution in [1.82, 2.24) is 14.5 Å². The summed E-state index contributed by atoms with van der Waals surface area (Å²) in [6.07, 6.45) is 7.35. The summed E-state index contributed by atoms with van der Waals surface area (Å²) in [5.74, 6) is -1.16. The number of hydrogen-bond donors (Lipinski definition) is 1. The molecule has 4 aromatic rings. The summed E-state index contributed by atoms with van der Waals surface area (Å²) in [4.78, 5) is 49.8. The summed E-state index contributed by atoms with van der Waals surface area (Å²) in [5, 5.41) is 3.19. The van der Waals surface area contributed by atoms with Crippen molar-refractivity contribution in [2.24, 2.45) is 7.05 Å². The van der Waals surface area contributed by atoms with Crippen molar-refractivity contribution >= 4 is 40.4 Å². The zero-order valence-corrected chi connectivity index (χ0v) is 27.1. The molecule has 0 saturated carbocycles. The number of esters is 1. The second-order valence-corrected chi connectivity index (χ2v) is 13.5. The summed E-state index contributed by atoms with van der Waals surface area (Å²) >= 11 is 1.56. The monoisotopic (exact) mass is 641 g/mol. The van der Waals surface area contributed by atoms with E-state index in [2.05, 4.69) is 28.3 Å². The van der Waals surface area contributed by atoms with Crippen LogP contribution in [0, 0.1) is 5.82 Å². The maximum absolute atomic E-state index is 15.5. The Hall–Kier alpha value is -4.35. The molecule has 46 heavy (non-hydrogen) atoms.